The van der Waals surface area contributed by atoms with Crippen LogP contribution in [0.15, 0.2) is 47.8 Å². The van der Waals surface area contributed by atoms with Gasteiger partial charge in [-0.2, -0.15) is 10.2 Å². The zero-order chi connectivity index (χ0) is 19.9. The molecule has 6 nitrogen and oxygen atoms in total. The Hall–Kier alpha value is -3.02. The van der Waals surface area contributed by atoms with Crippen molar-refractivity contribution in [3.05, 3.63) is 65.2 Å². The van der Waals surface area contributed by atoms with Gasteiger partial charge in [-0.3, -0.25) is 5.43 Å². The van der Waals surface area contributed by atoms with E-state index >= 15 is 0 Å². The maximum Gasteiger partial charge on any atom is 0.159 e. The quantitative estimate of drug-likeness (QED) is 0.347. The summed E-state index contributed by atoms with van der Waals surface area (Å²) in [5.74, 6) is 1.35. The van der Waals surface area contributed by atoms with Crippen LogP contribution in [-0.4, -0.2) is 25.5 Å². The molecule has 0 unspecified atom stereocenters. The SMILES string of the molecule is CCCCCc1ccc(/C(C)=N/Nc2cc(-n3nc(C)cc3C)ncn2)cc1. The first-order valence-corrected chi connectivity index (χ1v) is 9.82. The van der Waals surface area contributed by atoms with Crippen LogP contribution in [0.3, 0.4) is 0 Å². The number of nitrogens with one attached hydrogen (secondary N) is 1. The van der Waals surface area contributed by atoms with Gasteiger partial charge in [-0.1, -0.05) is 44.0 Å². The van der Waals surface area contributed by atoms with E-state index in [2.05, 4.69) is 56.8 Å². The number of hydrogen-bond acceptors (Lipinski definition) is 5. The lowest BCUT2D eigenvalue weighted by Gasteiger charge is -2.07. The van der Waals surface area contributed by atoms with Crippen molar-refractivity contribution < 1.29 is 0 Å². The number of aromatic nitrogens is 4. The second-order valence-corrected chi connectivity index (χ2v) is 7.06. The van der Waals surface area contributed by atoms with Crippen LogP contribution in [0.5, 0.6) is 0 Å². The van der Waals surface area contributed by atoms with Gasteiger partial charge in [-0.25, -0.2) is 14.6 Å². The van der Waals surface area contributed by atoms with E-state index in [0.717, 1.165) is 29.1 Å². The predicted molar refractivity (Wildman–Crippen MR) is 114 cm³/mol. The average Bonchev–Trinajstić information content (AvgIpc) is 3.05. The van der Waals surface area contributed by atoms with E-state index in [1.54, 1.807) is 4.68 Å². The Morgan fingerprint density at radius 2 is 1.86 bits per heavy atom. The molecule has 0 spiro atoms. The largest absolute Gasteiger partial charge is 0.261 e. The number of rotatable bonds is 8. The summed E-state index contributed by atoms with van der Waals surface area (Å²) in [6.45, 7) is 8.19. The number of aryl methyl sites for hydroxylation is 3. The molecule has 2 heterocycles. The van der Waals surface area contributed by atoms with Gasteiger partial charge in [0.05, 0.1) is 11.4 Å². The summed E-state index contributed by atoms with van der Waals surface area (Å²) >= 11 is 0. The summed E-state index contributed by atoms with van der Waals surface area (Å²) in [7, 11) is 0. The zero-order valence-electron chi connectivity index (χ0n) is 17.1. The van der Waals surface area contributed by atoms with Gasteiger partial charge in [0.2, 0.25) is 0 Å². The van der Waals surface area contributed by atoms with Crippen LogP contribution in [0.4, 0.5) is 5.82 Å². The fraction of sp³-hybridized carbons (Fsp3) is 0.364. The topological polar surface area (TPSA) is 68.0 Å². The van der Waals surface area contributed by atoms with Crippen molar-refractivity contribution in [3.8, 4) is 5.82 Å². The van der Waals surface area contributed by atoms with E-state index < -0.39 is 0 Å². The van der Waals surface area contributed by atoms with Gasteiger partial charge < -0.3 is 0 Å². The van der Waals surface area contributed by atoms with Crippen molar-refractivity contribution in [2.45, 2.75) is 53.4 Å². The summed E-state index contributed by atoms with van der Waals surface area (Å²) in [5.41, 5.74) is 8.40. The van der Waals surface area contributed by atoms with Crippen molar-refractivity contribution in [1.29, 1.82) is 0 Å². The highest BCUT2D eigenvalue weighted by Crippen LogP contribution is 2.13. The highest BCUT2D eigenvalue weighted by atomic mass is 15.3. The van der Waals surface area contributed by atoms with Crippen LogP contribution < -0.4 is 5.43 Å². The summed E-state index contributed by atoms with van der Waals surface area (Å²) in [5, 5.41) is 8.94. The van der Waals surface area contributed by atoms with Crippen LogP contribution in [0.2, 0.25) is 0 Å². The van der Waals surface area contributed by atoms with E-state index in [4.69, 9.17) is 0 Å². The second-order valence-electron chi connectivity index (χ2n) is 7.06. The molecule has 0 fully saturated rings. The smallest absolute Gasteiger partial charge is 0.159 e. The molecule has 0 atom stereocenters. The lowest BCUT2D eigenvalue weighted by atomic mass is 10.0. The molecule has 28 heavy (non-hydrogen) atoms. The molecule has 0 bridgehead atoms. The van der Waals surface area contributed by atoms with Crippen LogP contribution in [0.25, 0.3) is 5.82 Å². The Balaban J connectivity index is 1.68. The fourth-order valence-corrected chi connectivity index (χ4v) is 3.08. The lowest BCUT2D eigenvalue weighted by molar-refractivity contribution is 0.717. The molecular weight excluding hydrogens is 348 g/mol. The van der Waals surface area contributed by atoms with Crippen molar-refractivity contribution in [3.63, 3.8) is 0 Å². The van der Waals surface area contributed by atoms with Crippen LogP contribution in [0.1, 0.15) is 55.6 Å². The van der Waals surface area contributed by atoms with Crippen molar-refractivity contribution in [2.75, 3.05) is 5.43 Å². The molecule has 0 amide bonds. The molecule has 3 aromatic rings. The van der Waals surface area contributed by atoms with Gasteiger partial charge in [0.25, 0.3) is 0 Å². The molecule has 0 aliphatic carbocycles. The molecule has 0 radical (unpaired) electrons. The number of nitrogens with zero attached hydrogens (tertiary/aromatic N) is 5. The summed E-state index contributed by atoms with van der Waals surface area (Å²) in [6.07, 6.45) is 6.43. The number of anilines is 1. The fourth-order valence-electron chi connectivity index (χ4n) is 3.08. The first-order valence-electron chi connectivity index (χ1n) is 9.82. The van der Waals surface area contributed by atoms with Crippen molar-refractivity contribution in [2.24, 2.45) is 5.10 Å². The molecule has 6 heteroatoms. The third-order valence-electron chi connectivity index (χ3n) is 4.66. The molecular formula is C22H28N6. The zero-order valence-corrected chi connectivity index (χ0v) is 17.1. The van der Waals surface area contributed by atoms with E-state index in [1.807, 2.05) is 32.9 Å². The minimum Gasteiger partial charge on any atom is -0.261 e. The summed E-state index contributed by atoms with van der Waals surface area (Å²) in [6, 6.07) is 12.5. The minimum absolute atomic E-state index is 0.632. The Morgan fingerprint density at radius 1 is 1.07 bits per heavy atom. The van der Waals surface area contributed by atoms with E-state index in [1.165, 1.54) is 31.2 Å². The molecule has 0 aliphatic rings. The number of unbranched alkanes of at least 4 members (excludes halogenated alkanes) is 2. The van der Waals surface area contributed by atoms with Gasteiger partial charge in [0, 0.05) is 11.8 Å². The summed E-state index contributed by atoms with van der Waals surface area (Å²) in [4.78, 5) is 8.56. The van der Waals surface area contributed by atoms with Gasteiger partial charge in [-0.05, 0) is 50.8 Å². The van der Waals surface area contributed by atoms with E-state index in [0.29, 0.717) is 11.6 Å². The average molecular weight is 377 g/mol. The van der Waals surface area contributed by atoms with Crippen LogP contribution >= 0.6 is 0 Å². The van der Waals surface area contributed by atoms with Gasteiger partial charge in [0.15, 0.2) is 11.6 Å². The van der Waals surface area contributed by atoms with Gasteiger partial charge >= 0.3 is 0 Å². The first kappa shape index (κ1) is 19.7. The highest BCUT2D eigenvalue weighted by Gasteiger charge is 2.06. The highest BCUT2D eigenvalue weighted by molar-refractivity contribution is 5.99. The second kappa shape index (κ2) is 9.26. The molecule has 2 aromatic heterocycles. The van der Waals surface area contributed by atoms with Crippen LogP contribution in [0, 0.1) is 13.8 Å². The number of hydrogen-bond donors (Lipinski definition) is 1. The minimum atomic E-state index is 0.632. The standard InChI is InChI=1S/C22H28N6/c1-5-6-7-8-19-9-11-20(12-10-19)18(4)25-26-21-14-22(24-15-23-21)28-17(3)13-16(2)27-28/h9-15H,5-8H2,1-4H3,(H,23,24,26)/b25-18+. The molecule has 3 rings (SSSR count). The Bertz CT molecular complexity index is 940. The molecule has 0 saturated carbocycles. The van der Waals surface area contributed by atoms with Crippen molar-refractivity contribution in [1.82, 2.24) is 19.7 Å². The van der Waals surface area contributed by atoms with Crippen LogP contribution in [-0.2, 0) is 6.42 Å². The summed E-state index contributed by atoms with van der Waals surface area (Å²) < 4.78 is 1.80. The monoisotopic (exact) mass is 376 g/mol. The normalized spacial score (nSPS) is 11.6. The first-order chi connectivity index (χ1) is 13.6. The van der Waals surface area contributed by atoms with E-state index in [9.17, 15) is 0 Å². The Morgan fingerprint density at radius 3 is 2.54 bits per heavy atom. The number of hydrazone groups is 1. The molecule has 1 aromatic carbocycles. The molecule has 0 saturated heterocycles. The maximum absolute atomic E-state index is 4.48. The number of benzene rings is 1. The third kappa shape index (κ3) is 5.03. The molecule has 0 aliphatic heterocycles. The van der Waals surface area contributed by atoms with E-state index in [-0.39, 0.29) is 0 Å². The predicted octanol–water partition coefficient (Wildman–Crippen LogP) is 4.85. The third-order valence-corrected chi connectivity index (χ3v) is 4.66. The maximum atomic E-state index is 4.48. The molecule has 146 valence electrons. The Kier molecular flexibility index (Phi) is 6.53. The lowest BCUT2D eigenvalue weighted by Crippen LogP contribution is -2.05. The van der Waals surface area contributed by atoms with Gasteiger partial charge in [0.1, 0.15) is 6.33 Å². The molecule has 1 N–H and O–H groups in total. The van der Waals surface area contributed by atoms with Gasteiger partial charge in [-0.15, -0.1) is 0 Å². The van der Waals surface area contributed by atoms with Crippen molar-refractivity contribution >= 4 is 11.5 Å². The Labute approximate surface area is 166 Å².